The van der Waals surface area contributed by atoms with Crippen LogP contribution >= 0.6 is 0 Å². The molecule has 1 rings (SSSR count). The maximum atomic E-state index is 5.25. The fraction of sp³-hybridized carbons (Fsp3) is 0.455. The molecule has 0 amide bonds. The molecule has 1 aromatic carbocycles. The molecule has 0 aliphatic heterocycles. The van der Waals surface area contributed by atoms with Gasteiger partial charge in [-0.3, -0.25) is 0 Å². The highest BCUT2D eigenvalue weighted by molar-refractivity contribution is 6.89. The molecular weight excluding hydrogens is 203 g/mol. The van der Waals surface area contributed by atoms with Gasteiger partial charge in [0, 0.05) is 14.2 Å². The summed E-state index contributed by atoms with van der Waals surface area (Å²) in [6.45, 7) is 7.00. The van der Waals surface area contributed by atoms with Crippen LogP contribution in [0, 0.1) is 0 Å². The lowest BCUT2D eigenvalue weighted by Crippen LogP contribution is -2.43. The van der Waals surface area contributed by atoms with Crippen LogP contribution in [0.3, 0.4) is 0 Å². The number of benzene rings is 1. The summed E-state index contributed by atoms with van der Waals surface area (Å²) >= 11 is 0. The van der Waals surface area contributed by atoms with Crippen molar-refractivity contribution in [1.29, 1.82) is 0 Å². The molecule has 1 aromatic rings. The van der Waals surface area contributed by atoms with Crippen LogP contribution in [0.15, 0.2) is 24.3 Å². The summed E-state index contributed by atoms with van der Waals surface area (Å²) < 4.78 is 10.5. The van der Waals surface area contributed by atoms with Crippen LogP contribution in [0.5, 0.6) is 0 Å². The van der Waals surface area contributed by atoms with Gasteiger partial charge in [-0.25, -0.2) is 0 Å². The van der Waals surface area contributed by atoms with Crippen molar-refractivity contribution in [3.05, 3.63) is 24.3 Å². The molecule has 82 valence electrons. The zero-order valence-electron chi connectivity index (χ0n) is 10.2. The summed E-state index contributed by atoms with van der Waals surface area (Å²) in [5, 5.41) is 1.43. The third-order valence-corrected chi connectivity index (χ3v) is 4.50. The monoisotopic (exact) mass is 222 g/mol. The Morgan fingerprint density at radius 2 is 1.67 bits per heavy atom. The van der Waals surface area contributed by atoms with Crippen molar-refractivity contribution in [2.45, 2.75) is 19.6 Å². The van der Waals surface area contributed by atoms with E-state index in [0.717, 1.165) is 5.46 Å². The van der Waals surface area contributed by atoms with Gasteiger partial charge in [-0.1, -0.05) is 49.1 Å². The van der Waals surface area contributed by atoms with Crippen LogP contribution in [0.1, 0.15) is 0 Å². The third-order valence-electron chi connectivity index (χ3n) is 2.45. The second-order valence-corrected chi connectivity index (χ2v) is 9.76. The van der Waals surface area contributed by atoms with Gasteiger partial charge in [0.25, 0.3) is 0 Å². The molecule has 2 nitrogen and oxygen atoms in total. The highest BCUT2D eigenvalue weighted by Crippen LogP contribution is 2.01. The van der Waals surface area contributed by atoms with E-state index in [1.54, 1.807) is 14.2 Å². The first-order valence-corrected chi connectivity index (χ1v) is 8.65. The standard InChI is InChI=1S/C11H19BO2Si/c1-13-12(14-2)10-7-6-8-11(9-10)15(3,4)5/h6-9H,1-5H3. The van der Waals surface area contributed by atoms with E-state index in [4.69, 9.17) is 9.31 Å². The van der Waals surface area contributed by atoms with E-state index in [0.29, 0.717) is 0 Å². The predicted molar refractivity (Wildman–Crippen MR) is 68.8 cm³/mol. The first kappa shape index (κ1) is 12.5. The second kappa shape index (κ2) is 4.97. The largest absolute Gasteiger partial charge is 0.493 e. The summed E-state index contributed by atoms with van der Waals surface area (Å²) in [6.07, 6.45) is 0. The smallest absolute Gasteiger partial charge is 0.410 e. The van der Waals surface area contributed by atoms with Crippen LogP contribution in [-0.4, -0.2) is 29.4 Å². The molecular formula is C11H19BO2Si. The summed E-state index contributed by atoms with van der Waals surface area (Å²) in [7, 11) is 1.83. The Balaban J connectivity index is 3.02. The Bertz CT molecular complexity index is 319. The van der Waals surface area contributed by atoms with Crippen molar-refractivity contribution in [3.63, 3.8) is 0 Å². The van der Waals surface area contributed by atoms with Gasteiger partial charge in [0.05, 0.1) is 8.07 Å². The van der Waals surface area contributed by atoms with Crippen LogP contribution < -0.4 is 10.6 Å². The zero-order chi connectivity index (χ0) is 11.5. The predicted octanol–water partition coefficient (Wildman–Crippen LogP) is 1.22. The van der Waals surface area contributed by atoms with Gasteiger partial charge < -0.3 is 9.31 Å². The molecule has 0 fully saturated rings. The summed E-state index contributed by atoms with van der Waals surface area (Å²) in [6, 6.07) is 8.51. The van der Waals surface area contributed by atoms with Gasteiger partial charge in [-0.15, -0.1) is 0 Å². The number of hydrogen-bond acceptors (Lipinski definition) is 2. The van der Waals surface area contributed by atoms with Gasteiger partial charge >= 0.3 is 7.12 Å². The normalized spacial score (nSPS) is 11.5. The maximum absolute atomic E-state index is 5.25. The van der Waals surface area contributed by atoms with Crippen molar-refractivity contribution in [1.82, 2.24) is 0 Å². The zero-order valence-corrected chi connectivity index (χ0v) is 11.2. The van der Waals surface area contributed by atoms with Crippen molar-refractivity contribution >= 4 is 25.8 Å². The molecule has 0 atom stereocenters. The van der Waals surface area contributed by atoms with Crippen LogP contribution in [-0.2, 0) is 9.31 Å². The Kier molecular flexibility index (Phi) is 4.14. The summed E-state index contributed by atoms with van der Waals surface area (Å²) in [4.78, 5) is 0. The van der Waals surface area contributed by atoms with Gasteiger partial charge in [0.15, 0.2) is 0 Å². The SMILES string of the molecule is COB(OC)c1cccc([Si](C)(C)C)c1. The Labute approximate surface area is 93.8 Å². The Hall–Kier alpha value is -0.578. The molecule has 0 spiro atoms. The van der Waals surface area contributed by atoms with E-state index >= 15 is 0 Å². The van der Waals surface area contributed by atoms with Crippen LogP contribution in [0.2, 0.25) is 19.6 Å². The quantitative estimate of drug-likeness (QED) is 0.713. The highest BCUT2D eigenvalue weighted by Gasteiger charge is 2.21. The molecule has 0 saturated carbocycles. The minimum Gasteiger partial charge on any atom is -0.410 e. The molecule has 4 heteroatoms. The van der Waals surface area contributed by atoms with Gasteiger partial charge in [-0.05, 0) is 5.46 Å². The number of rotatable bonds is 4. The first-order chi connectivity index (χ1) is 6.99. The minimum absolute atomic E-state index is 0.249. The first-order valence-electron chi connectivity index (χ1n) is 5.15. The molecule has 0 N–H and O–H groups in total. The Morgan fingerprint density at radius 3 is 2.13 bits per heavy atom. The minimum atomic E-state index is -1.25. The molecule has 0 aliphatic carbocycles. The molecule has 0 radical (unpaired) electrons. The van der Waals surface area contributed by atoms with Crippen molar-refractivity contribution < 1.29 is 9.31 Å². The van der Waals surface area contributed by atoms with E-state index in [2.05, 4.69) is 37.8 Å². The van der Waals surface area contributed by atoms with E-state index < -0.39 is 8.07 Å². The third kappa shape index (κ3) is 3.19. The van der Waals surface area contributed by atoms with Crippen LogP contribution in [0.4, 0.5) is 0 Å². The molecule has 0 unspecified atom stereocenters. The van der Waals surface area contributed by atoms with Crippen molar-refractivity contribution in [2.75, 3.05) is 14.2 Å². The average Bonchev–Trinajstić information content (AvgIpc) is 2.19. The second-order valence-electron chi connectivity index (χ2n) is 4.68. The van der Waals surface area contributed by atoms with Crippen LogP contribution in [0.25, 0.3) is 0 Å². The molecule has 0 heterocycles. The van der Waals surface area contributed by atoms with Gasteiger partial charge in [-0.2, -0.15) is 0 Å². The van der Waals surface area contributed by atoms with Gasteiger partial charge in [0.2, 0.25) is 0 Å². The number of hydrogen-bond donors (Lipinski definition) is 0. The molecule has 0 aromatic heterocycles. The molecule has 15 heavy (non-hydrogen) atoms. The van der Waals surface area contributed by atoms with E-state index in [1.165, 1.54) is 5.19 Å². The van der Waals surface area contributed by atoms with E-state index in [-0.39, 0.29) is 7.12 Å². The van der Waals surface area contributed by atoms with Crippen molar-refractivity contribution in [3.8, 4) is 0 Å². The summed E-state index contributed by atoms with van der Waals surface area (Å²) in [5.74, 6) is 0. The lowest BCUT2D eigenvalue weighted by atomic mass is 9.79. The fourth-order valence-corrected chi connectivity index (χ4v) is 2.72. The topological polar surface area (TPSA) is 18.5 Å². The van der Waals surface area contributed by atoms with E-state index in [9.17, 15) is 0 Å². The molecule has 0 aliphatic rings. The van der Waals surface area contributed by atoms with Crippen molar-refractivity contribution in [2.24, 2.45) is 0 Å². The average molecular weight is 222 g/mol. The maximum Gasteiger partial charge on any atom is 0.493 e. The summed E-state index contributed by atoms with van der Waals surface area (Å²) in [5.41, 5.74) is 1.10. The van der Waals surface area contributed by atoms with Gasteiger partial charge in [0.1, 0.15) is 0 Å². The fourth-order valence-electron chi connectivity index (χ4n) is 1.52. The molecule has 0 bridgehead atoms. The highest BCUT2D eigenvalue weighted by atomic mass is 28.3. The Morgan fingerprint density at radius 1 is 1.07 bits per heavy atom. The lowest BCUT2D eigenvalue weighted by molar-refractivity contribution is 0.292. The van der Waals surface area contributed by atoms with E-state index in [1.807, 2.05) is 6.07 Å². The lowest BCUT2D eigenvalue weighted by Gasteiger charge is -2.18. The molecule has 0 saturated heterocycles.